The Labute approximate surface area is 171 Å². The van der Waals surface area contributed by atoms with Crippen molar-refractivity contribution in [3.8, 4) is 0 Å². The first-order valence-corrected chi connectivity index (χ1v) is 10.6. The molecule has 3 aliphatic heterocycles. The number of hydrogen-bond donors (Lipinski definition) is 0. The summed E-state index contributed by atoms with van der Waals surface area (Å²) >= 11 is 0. The minimum absolute atomic E-state index is 0.0798. The van der Waals surface area contributed by atoms with E-state index in [1.54, 1.807) is 6.33 Å². The smallest absolute Gasteiger partial charge is 0.225 e. The van der Waals surface area contributed by atoms with Gasteiger partial charge < -0.3 is 14.2 Å². The number of aromatic nitrogens is 3. The second kappa shape index (κ2) is 7.54. The Morgan fingerprint density at radius 2 is 1.93 bits per heavy atom. The molecule has 0 radical (unpaired) electrons. The Bertz CT molecular complexity index is 855. The third-order valence-electron chi connectivity index (χ3n) is 6.92. The largest absolute Gasteiger partial charge is 0.381 e. The average molecular weight is 396 g/mol. The summed E-state index contributed by atoms with van der Waals surface area (Å²) in [5.74, 6) is 1.80. The number of aryl methyl sites for hydroxylation is 1. The van der Waals surface area contributed by atoms with Crippen molar-refractivity contribution in [2.45, 2.75) is 25.3 Å². The summed E-state index contributed by atoms with van der Waals surface area (Å²) < 4.78 is 7.47. The monoisotopic (exact) mass is 395 g/mol. The van der Waals surface area contributed by atoms with E-state index in [1.807, 2.05) is 11.6 Å². The van der Waals surface area contributed by atoms with Crippen LogP contribution >= 0.6 is 0 Å². The maximum atomic E-state index is 13.0. The number of carbonyl (C=O) groups is 1. The minimum atomic E-state index is 0.0798. The molecule has 0 aliphatic carbocycles. The van der Waals surface area contributed by atoms with Gasteiger partial charge in [-0.15, -0.1) is 10.2 Å². The zero-order chi connectivity index (χ0) is 19.8. The second-order valence-corrected chi connectivity index (χ2v) is 8.95. The van der Waals surface area contributed by atoms with Crippen LogP contribution in [-0.2, 0) is 23.1 Å². The summed E-state index contributed by atoms with van der Waals surface area (Å²) in [4.78, 5) is 17.6. The molecular weight excluding hydrogens is 366 g/mol. The van der Waals surface area contributed by atoms with Crippen LogP contribution in [0.5, 0.6) is 0 Å². The molecule has 29 heavy (non-hydrogen) atoms. The fraction of sp³-hybridized carbons (Fsp3) is 0.591. The molecule has 3 aliphatic rings. The lowest BCUT2D eigenvalue weighted by molar-refractivity contribution is -0.151. The molecule has 1 aromatic carbocycles. The predicted octanol–water partition coefficient (Wildman–Crippen LogP) is 1.67. The molecule has 154 valence electrons. The molecule has 1 unspecified atom stereocenters. The highest BCUT2D eigenvalue weighted by molar-refractivity contribution is 5.80. The van der Waals surface area contributed by atoms with Gasteiger partial charge in [0.2, 0.25) is 5.91 Å². The van der Waals surface area contributed by atoms with E-state index in [2.05, 4.69) is 50.3 Å². The van der Waals surface area contributed by atoms with E-state index in [4.69, 9.17) is 4.74 Å². The van der Waals surface area contributed by atoms with Crippen molar-refractivity contribution in [2.75, 3.05) is 39.4 Å². The van der Waals surface area contributed by atoms with E-state index in [-0.39, 0.29) is 11.3 Å². The van der Waals surface area contributed by atoms with Crippen molar-refractivity contribution >= 4 is 5.91 Å². The quantitative estimate of drug-likeness (QED) is 0.788. The molecule has 0 N–H and O–H groups in total. The number of hydrogen-bond acceptors (Lipinski definition) is 5. The van der Waals surface area contributed by atoms with Crippen LogP contribution in [0.1, 0.15) is 30.1 Å². The van der Waals surface area contributed by atoms with E-state index in [0.29, 0.717) is 25.0 Å². The number of amides is 1. The van der Waals surface area contributed by atoms with Crippen molar-refractivity contribution in [1.29, 1.82) is 0 Å². The summed E-state index contributed by atoms with van der Waals surface area (Å²) in [6.07, 6.45) is 3.50. The van der Waals surface area contributed by atoms with Gasteiger partial charge in [-0.1, -0.05) is 30.3 Å². The molecule has 3 saturated heterocycles. The third-order valence-corrected chi connectivity index (χ3v) is 6.92. The second-order valence-electron chi connectivity index (χ2n) is 8.95. The topological polar surface area (TPSA) is 63.5 Å². The number of rotatable bonds is 4. The lowest BCUT2D eigenvalue weighted by Gasteiger charge is -2.51. The Morgan fingerprint density at radius 3 is 2.62 bits per heavy atom. The SMILES string of the molecule is Cn1cnnc1C1CN(Cc2ccccc2)CC12CN(C(=O)C1CCOCC1)C2. The number of ether oxygens (including phenoxy) is 1. The molecule has 3 fully saturated rings. The van der Waals surface area contributed by atoms with Gasteiger partial charge in [-0.25, -0.2) is 0 Å². The molecule has 1 amide bonds. The molecule has 5 rings (SSSR count). The van der Waals surface area contributed by atoms with Gasteiger partial charge in [0.05, 0.1) is 0 Å². The van der Waals surface area contributed by atoms with Crippen LogP contribution in [0.15, 0.2) is 36.7 Å². The van der Waals surface area contributed by atoms with Gasteiger partial charge in [-0.05, 0) is 18.4 Å². The van der Waals surface area contributed by atoms with Crippen LogP contribution in [0.25, 0.3) is 0 Å². The van der Waals surface area contributed by atoms with Crippen LogP contribution in [0, 0.1) is 11.3 Å². The highest BCUT2D eigenvalue weighted by Gasteiger charge is 2.57. The van der Waals surface area contributed by atoms with E-state index in [1.165, 1.54) is 5.56 Å². The molecule has 1 spiro atoms. The zero-order valence-electron chi connectivity index (χ0n) is 17.0. The number of benzene rings is 1. The molecular formula is C22H29N5O2. The summed E-state index contributed by atoms with van der Waals surface area (Å²) in [5, 5.41) is 8.57. The van der Waals surface area contributed by atoms with Gasteiger partial charge in [-0.3, -0.25) is 9.69 Å². The number of carbonyl (C=O) groups excluding carboxylic acids is 1. The summed E-state index contributed by atoms with van der Waals surface area (Å²) in [7, 11) is 2.02. The van der Waals surface area contributed by atoms with E-state index < -0.39 is 0 Å². The fourth-order valence-corrected chi connectivity index (χ4v) is 5.39. The van der Waals surface area contributed by atoms with Gasteiger partial charge in [0.25, 0.3) is 0 Å². The molecule has 0 saturated carbocycles. The molecule has 1 aromatic heterocycles. The highest BCUT2D eigenvalue weighted by Crippen LogP contribution is 2.49. The zero-order valence-corrected chi connectivity index (χ0v) is 17.0. The Hall–Kier alpha value is -2.25. The van der Waals surface area contributed by atoms with Crippen LogP contribution in [0.4, 0.5) is 0 Å². The van der Waals surface area contributed by atoms with Crippen LogP contribution in [0.3, 0.4) is 0 Å². The van der Waals surface area contributed by atoms with E-state index in [9.17, 15) is 4.79 Å². The molecule has 2 aromatic rings. The van der Waals surface area contributed by atoms with Crippen molar-refractivity contribution in [2.24, 2.45) is 18.4 Å². The van der Waals surface area contributed by atoms with Gasteiger partial charge in [-0.2, -0.15) is 0 Å². The molecule has 4 heterocycles. The van der Waals surface area contributed by atoms with Gasteiger partial charge in [0.1, 0.15) is 12.2 Å². The maximum absolute atomic E-state index is 13.0. The Morgan fingerprint density at radius 1 is 1.17 bits per heavy atom. The number of nitrogens with zero attached hydrogens (tertiary/aromatic N) is 5. The first-order valence-electron chi connectivity index (χ1n) is 10.6. The summed E-state index contributed by atoms with van der Waals surface area (Å²) in [5.41, 5.74) is 1.41. The minimum Gasteiger partial charge on any atom is -0.381 e. The van der Waals surface area contributed by atoms with Crippen molar-refractivity contribution in [1.82, 2.24) is 24.6 Å². The van der Waals surface area contributed by atoms with Crippen molar-refractivity contribution in [3.05, 3.63) is 48.0 Å². The average Bonchev–Trinajstić information content (AvgIpc) is 3.31. The maximum Gasteiger partial charge on any atom is 0.225 e. The third kappa shape index (κ3) is 3.46. The first kappa shape index (κ1) is 18.8. The van der Waals surface area contributed by atoms with E-state index >= 15 is 0 Å². The highest BCUT2D eigenvalue weighted by atomic mass is 16.5. The summed E-state index contributed by atoms with van der Waals surface area (Å²) in [6, 6.07) is 10.6. The lowest BCUT2D eigenvalue weighted by atomic mass is 9.70. The summed E-state index contributed by atoms with van der Waals surface area (Å²) in [6.45, 7) is 5.96. The van der Waals surface area contributed by atoms with Gasteiger partial charge >= 0.3 is 0 Å². The normalized spacial score (nSPS) is 24.7. The van der Waals surface area contributed by atoms with Crippen molar-refractivity contribution in [3.63, 3.8) is 0 Å². The standard InChI is InChI=1S/C22H29N5O2/c1-25-16-23-24-20(25)19-12-26(11-17-5-3-2-4-6-17)13-22(19)14-27(15-22)21(28)18-7-9-29-10-8-18/h2-6,16,18-19H,7-15H2,1H3. The predicted molar refractivity (Wildman–Crippen MR) is 108 cm³/mol. The lowest BCUT2D eigenvalue weighted by Crippen LogP contribution is -2.63. The number of likely N-dealkylation sites (tertiary alicyclic amines) is 2. The molecule has 7 nitrogen and oxygen atoms in total. The Kier molecular flexibility index (Phi) is 4.87. The molecule has 7 heteroatoms. The van der Waals surface area contributed by atoms with Crippen molar-refractivity contribution < 1.29 is 9.53 Å². The fourth-order valence-electron chi connectivity index (χ4n) is 5.39. The Balaban J connectivity index is 1.33. The van der Waals surface area contributed by atoms with Crippen LogP contribution in [-0.4, -0.2) is 69.9 Å². The van der Waals surface area contributed by atoms with Crippen LogP contribution in [0.2, 0.25) is 0 Å². The molecule has 0 bridgehead atoms. The van der Waals surface area contributed by atoms with Gasteiger partial charge in [0, 0.05) is 70.2 Å². The van der Waals surface area contributed by atoms with Gasteiger partial charge in [0.15, 0.2) is 0 Å². The van der Waals surface area contributed by atoms with Crippen LogP contribution < -0.4 is 0 Å². The van der Waals surface area contributed by atoms with E-state index in [0.717, 1.165) is 51.4 Å². The first-order chi connectivity index (χ1) is 14.1. The molecule has 1 atom stereocenters.